The van der Waals surface area contributed by atoms with Crippen LogP contribution in [-0.4, -0.2) is 19.1 Å². The minimum atomic E-state index is -0.131. The van der Waals surface area contributed by atoms with E-state index in [1.54, 1.807) is 12.1 Å². The van der Waals surface area contributed by atoms with E-state index >= 15 is 0 Å². The Morgan fingerprint density at radius 2 is 2.04 bits per heavy atom. The third-order valence-corrected chi connectivity index (χ3v) is 3.75. The van der Waals surface area contributed by atoms with Crippen LogP contribution < -0.4 is 10.1 Å². The topological polar surface area (TPSA) is 38.3 Å². The lowest BCUT2D eigenvalue weighted by Crippen LogP contribution is -2.23. The van der Waals surface area contributed by atoms with E-state index < -0.39 is 0 Å². The molecule has 2 rings (SSSR count). The van der Waals surface area contributed by atoms with Gasteiger partial charge in [0.25, 0.3) is 0 Å². The number of carbonyl (C=O) groups excluding carboxylic acids is 1. The fourth-order valence-electron chi connectivity index (χ4n) is 2.18. The summed E-state index contributed by atoms with van der Waals surface area (Å²) in [6.07, 6.45) is 4.96. The second-order valence-electron chi connectivity index (χ2n) is 5.39. The molecule has 2 aromatic carbocycles. The fraction of sp³-hybridized carbons (Fsp3) is 0.250. The van der Waals surface area contributed by atoms with E-state index in [9.17, 15) is 4.79 Å². The summed E-state index contributed by atoms with van der Waals surface area (Å²) in [5, 5.41) is 3.50. The van der Waals surface area contributed by atoms with Crippen LogP contribution in [0, 0.1) is 0 Å². The number of rotatable bonds is 8. The van der Waals surface area contributed by atoms with E-state index in [2.05, 4.69) is 12.2 Å². The summed E-state index contributed by atoms with van der Waals surface area (Å²) in [5.41, 5.74) is 1.97. The quantitative estimate of drug-likeness (QED) is 0.716. The lowest BCUT2D eigenvalue weighted by atomic mass is 10.1. The molecule has 4 heteroatoms. The molecule has 2 aromatic rings. The highest BCUT2D eigenvalue weighted by atomic mass is 35.5. The molecule has 1 N–H and O–H groups in total. The number of carbonyl (C=O) groups is 1. The maximum absolute atomic E-state index is 11.9. The van der Waals surface area contributed by atoms with E-state index in [1.807, 2.05) is 42.5 Å². The lowest BCUT2D eigenvalue weighted by molar-refractivity contribution is -0.116. The normalized spacial score (nSPS) is 10.8. The molecule has 126 valence electrons. The predicted octanol–water partition coefficient (Wildman–Crippen LogP) is 4.50. The first-order valence-electron chi connectivity index (χ1n) is 8.11. The Balaban J connectivity index is 1.79. The zero-order valence-corrected chi connectivity index (χ0v) is 14.6. The third kappa shape index (κ3) is 6.09. The van der Waals surface area contributed by atoms with Gasteiger partial charge in [-0.2, -0.15) is 0 Å². The van der Waals surface area contributed by atoms with E-state index in [0.29, 0.717) is 18.2 Å². The molecule has 0 unspecified atom stereocenters. The van der Waals surface area contributed by atoms with Gasteiger partial charge in [-0.05, 0) is 48.2 Å². The van der Waals surface area contributed by atoms with Crippen LogP contribution in [0.3, 0.4) is 0 Å². The van der Waals surface area contributed by atoms with Gasteiger partial charge in [-0.15, -0.1) is 0 Å². The molecule has 24 heavy (non-hydrogen) atoms. The molecular weight excluding hydrogens is 322 g/mol. The van der Waals surface area contributed by atoms with Crippen LogP contribution in [0.25, 0.3) is 6.08 Å². The Bertz CT molecular complexity index is 698. The third-order valence-electron chi connectivity index (χ3n) is 3.40. The van der Waals surface area contributed by atoms with Gasteiger partial charge in [0.1, 0.15) is 5.75 Å². The highest BCUT2D eigenvalue weighted by molar-refractivity contribution is 6.32. The molecule has 0 saturated carbocycles. The van der Waals surface area contributed by atoms with Crippen molar-refractivity contribution in [1.82, 2.24) is 5.32 Å². The molecule has 0 bridgehead atoms. The van der Waals surface area contributed by atoms with Crippen molar-refractivity contribution in [2.75, 3.05) is 13.2 Å². The highest BCUT2D eigenvalue weighted by Gasteiger charge is 2.00. The SMILES string of the molecule is CCCOc1cccc(CCNC(=O)/C=C/c2ccccc2Cl)c1. The number of hydrogen-bond donors (Lipinski definition) is 1. The van der Waals surface area contributed by atoms with Crippen LogP contribution in [-0.2, 0) is 11.2 Å². The van der Waals surface area contributed by atoms with Crippen molar-refractivity contribution in [3.05, 3.63) is 70.8 Å². The zero-order chi connectivity index (χ0) is 17.2. The van der Waals surface area contributed by atoms with Gasteiger partial charge in [0, 0.05) is 17.6 Å². The molecule has 0 heterocycles. The summed E-state index contributed by atoms with van der Waals surface area (Å²) >= 11 is 6.05. The summed E-state index contributed by atoms with van der Waals surface area (Å²) < 4.78 is 5.61. The summed E-state index contributed by atoms with van der Waals surface area (Å²) in [6.45, 7) is 3.37. The molecule has 1 amide bonds. The first-order chi connectivity index (χ1) is 11.7. The second-order valence-corrected chi connectivity index (χ2v) is 5.80. The highest BCUT2D eigenvalue weighted by Crippen LogP contribution is 2.16. The first-order valence-corrected chi connectivity index (χ1v) is 8.49. The molecule has 0 aliphatic carbocycles. The van der Waals surface area contributed by atoms with Crippen molar-refractivity contribution in [1.29, 1.82) is 0 Å². The Kier molecular flexibility index (Phi) is 7.37. The molecule has 3 nitrogen and oxygen atoms in total. The van der Waals surface area contributed by atoms with E-state index in [4.69, 9.17) is 16.3 Å². The van der Waals surface area contributed by atoms with Crippen molar-refractivity contribution in [2.24, 2.45) is 0 Å². The molecule has 0 fully saturated rings. The number of amides is 1. The maximum Gasteiger partial charge on any atom is 0.244 e. The van der Waals surface area contributed by atoms with Crippen LogP contribution in [0.4, 0.5) is 0 Å². The molecule has 0 aliphatic rings. The Hall–Kier alpha value is -2.26. The van der Waals surface area contributed by atoms with Crippen LogP contribution in [0.1, 0.15) is 24.5 Å². The maximum atomic E-state index is 11.9. The average molecular weight is 344 g/mol. The molecule has 0 saturated heterocycles. The van der Waals surface area contributed by atoms with Gasteiger partial charge in [0.05, 0.1) is 6.61 Å². The monoisotopic (exact) mass is 343 g/mol. The van der Waals surface area contributed by atoms with Crippen molar-refractivity contribution >= 4 is 23.6 Å². The smallest absolute Gasteiger partial charge is 0.244 e. The Morgan fingerprint density at radius 1 is 1.21 bits per heavy atom. The van der Waals surface area contributed by atoms with Gasteiger partial charge in [-0.1, -0.05) is 48.9 Å². The molecule has 0 aromatic heterocycles. The Labute approximate surface area is 148 Å². The summed E-state index contributed by atoms with van der Waals surface area (Å²) in [5.74, 6) is 0.743. The Morgan fingerprint density at radius 3 is 2.83 bits per heavy atom. The van der Waals surface area contributed by atoms with Crippen LogP contribution in [0.5, 0.6) is 5.75 Å². The average Bonchev–Trinajstić information content (AvgIpc) is 2.60. The van der Waals surface area contributed by atoms with Crippen LogP contribution in [0.15, 0.2) is 54.6 Å². The summed E-state index contributed by atoms with van der Waals surface area (Å²) in [7, 11) is 0. The van der Waals surface area contributed by atoms with Gasteiger partial charge < -0.3 is 10.1 Å². The minimum Gasteiger partial charge on any atom is -0.494 e. The van der Waals surface area contributed by atoms with E-state index in [-0.39, 0.29) is 5.91 Å². The summed E-state index contributed by atoms with van der Waals surface area (Å²) in [4.78, 5) is 11.9. The van der Waals surface area contributed by atoms with Gasteiger partial charge in [0.15, 0.2) is 0 Å². The summed E-state index contributed by atoms with van der Waals surface area (Å²) in [6, 6.07) is 15.4. The number of ether oxygens (including phenoxy) is 1. The van der Waals surface area contributed by atoms with Crippen LogP contribution >= 0.6 is 11.6 Å². The molecule has 0 radical (unpaired) electrons. The van der Waals surface area contributed by atoms with E-state index in [0.717, 1.165) is 29.7 Å². The molecular formula is C20H22ClNO2. The standard InChI is InChI=1S/C20H22ClNO2/c1-2-14-24-18-8-5-6-16(15-18)12-13-22-20(23)11-10-17-7-3-4-9-19(17)21/h3-11,15H,2,12-14H2,1H3,(H,22,23)/b11-10+. The van der Waals surface area contributed by atoms with Gasteiger partial charge in [0.2, 0.25) is 5.91 Å². The van der Waals surface area contributed by atoms with Gasteiger partial charge in [-0.3, -0.25) is 4.79 Å². The minimum absolute atomic E-state index is 0.131. The number of hydrogen-bond acceptors (Lipinski definition) is 2. The lowest BCUT2D eigenvalue weighted by Gasteiger charge is -2.07. The van der Waals surface area contributed by atoms with Gasteiger partial charge in [-0.25, -0.2) is 0 Å². The molecule has 0 aliphatic heterocycles. The second kappa shape index (κ2) is 9.78. The predicted molar refractivity (Wildman–Crippen MR) is 99.4 cm³/mol. The first kappa shape index (κ1) is 18.1. The number of nitrogens with one attached hydrogen (secondary N) is 1. The van der Waals surface area contributed by atoms with Gasteiger partial charge >= 0.3 is 0 Å². The van der Waals surface area contributed by atoms with E-state index in [1.165, 1.54) is 6.08 Å². The van der Waals surface area contributed by atoms with Crippen molar-refractivity contribution in [3.63, 3.8) is 0 Å². The number of halogens is 1. The van der Waals surface area contributed by atoms with Crippen molar-refractivity contribution in [3.8, 4) is 5.75 Å². The zero-order valence-electron chi connectivity index (χ0n) is 13.8. The van der Waals surface area contributed by atoms with Crippen LogP contribution in [0.2, 0.25) is 5.02 Å². The largest absolute Gasteiger partial charge is 0.494 e. The number of benzene rings is 2. The fourth-order valence-corrected chi connectivity index (χ4v) is 2.37. The van der Waals surface area contributed by atoms with Crippen molar-refractivity contribution < 1.29 is 9.53 Å². The molecule has 0 spiro atoms. The molecule has 0 atom stereocenters. The van der Waals surface area contributed by atoms with Crippen molar-refractivity contribution in [2.45, 2.75) is 19.8 Å².